The number of aromatic hydroxyl groups is 1. The van der Waals surface area contributed by atoms with Gasteiger partial charge in [0.25, 0.3) is 5.91 Å². The summed E-state index contributed by atoms with van der Waals surface area (Å²) in [5.41, 5.74) is 6.21. The van der Waals surface area contributed by atoms with Crippen LogP contribution in [0, 0.1) is 0 Å². The summed E-state index contributed by atoms with van der Waals surface area (Å²) in [6, 6.07) is 4.52. The highest BCUT2D eigenvalue weighted by Gasteiger charge is 2.10. The lowest BCUT2D eigenvalue weighted by atomic mass is 10.1. The van der Waals surface area contributed by atoms with Gasteiger partial charge in [-0.05, 0) is 36.5 Å². The molecule has 1 aromatic rings. The van der Waals surface area contributed by atoms with Crippen molar-refractivity contribution >= 4 is 23.4 Å². The maximum Gasteiger partial charge on any atom is 0.255 e. The molecule has 1 aromatic carbocycles. The third-order valence-electron chi connectivity index (χ3n) is 2.37. The molecule has 0 aliphatic carbocycles. The predicted octanol–water partition coefficient (Wildman–Crippen LogP) is 2.24. The first-order valence-corrected chi connectivity index (χ1v) is 7.25. The van der Waals surface area contributed by atoms with E-state index in [0.717, 1.165) is 17.9 Å². The Balaban J connectivity index is 2.32. The van der Waals surface area contributed by atoms with E-state index in [1.54, 1.807) is 6.07 Å². The molecule has 0 bridgehead atoms. The van der Waals surface area contributed by atoms with Crippen LogP contribution in [0.3, 0.4) is 0 Å². The standard InChI is InChI=1S/C13H20N2O2S/c1-2-7-18-8-3-6-15-13(17)11-5-4-10(14)9-12(11)16/h4-5,9,16H,2-3,6-8,14H2,1H3,(H,15,17). The number of hydrogen-bond acceptors (Lipinski definition) is 4. The second-order valence-electron chi connectivity index (χ2n) is 4.00. The van der Waals surface area contributed by atoms with Crippen molar-refractivity contribution in [3.63, 3.8) is 0 Å². The first-order valence-electron chi connectivity index (χ1n) is 6.09. The lowest BCUT2D eigenvalue weighted by molar-refractivity contribution is 0.0951. The van der Waals surface area contributed by atoms with Crippen LogP contribution in [-0.4, -0.2) is 29.1 Å². The Morgan fingerprint density at radius 1 is 1.44 bits per heavy atom. The van der Waals surface area contributed by atoms with Gasteiger partial charge in [0.05, 0.1) is 5.56 Å². The molecule has 0 saturated carbocycles. The highest BCUT2D eigenvalue weighted by Crippen LogP contribution is 2.19. The Hall–Kier alpha value is -1.36. The minimum atomic E-state index is -0.256. The fourth-order valence-corrected chi connectivity index (χ4v) is 2.30. The number of amides is 1. The van der Waals surface area contributed by atoms with E-state index >= 15 is 0 Å². The van der Waals surface area contributed by atoms with Crippen LogP contribution in [0.15, 0.2) is 18.2 Å². The smallest absolute Gasteiger partial charge is 0.255 e. The SMILES string of the molecule is CCCSCCCNC(=O)c1ccc(N)cc1O. The van der Waals surface area contributed by atoms with Gasteiger partial charge in [-0.1, -0.05) is 6.92 Å². The first-order chi connectivity index (χ1) is 8.65. The second-order valence-corrected chi connectivity index (χ2v) is 5.22. The van der Waals surface area contributed by atoms with Gasteiger partial charge in [0.1, 0.15) is 5.75 Å². The van der Waals surface area contributed by atoms with Gasteiger partial charge < -0.3 is 16.2 Å². The summed E-state index contributed by atoms with van der Waals surface area (Å²) >= 11 is 1.89. The van der Waals surface area contributed by atoms with Gasteiger partial charge >= 0.3 is 0 Å². The summed E-state index contributed by atoms with van der Waals surface area (Å²) in [5.74, 6) is 1.87. The Morgan fingerprint density at radius 3 is 2.89 bits per heavy atom. The third-order valence-corrected chi connectivity index (χ3v) is 3.64. The minimum Gasteiger partial charge on any atom is -0.507 e. The Morgan fingerprint density at radius 2 is 2.22 bits per heavy atom. The van der Waals surface area contributed by atoms with Crippen molar-refractivity contribution in [3.05, 3.63) is 23.8 Å². The van der Waals surface area contributed by atoms with E-state index < -0.39 is 0 Å². The molecule has 4 N–H and O–H groups in total. The zero-order valence-electron chi connectivity index (χ0n) is 10.6. The minimum absolute atomic E-state index is 0.0761. The van der Waals surface area contributed by atoms with Crippen molar-refractivity contribution < 1.29 is 9.90 Å². The molecule has 1 amide bonds. The average molecular weight is 268 g/mol. The van der Waals surface area contributed by atoms with E-state index in [1.807, 2.05) is 11.8 Å². The lowest BCUT2D eigenvalue weighted by Crippen LogP contribution is -2.24. The third kappa shape index (κ3) is 4.87. The van der Waals surface area contributed by atoms with E-state index in [4.69, 9.17) is 5.73 Å². The predicted molar refractivity (Wildman–Crippen MR) is 77.1 cm³/mol. The van der Waals surface area contributed by atoms with Crippen molar-refractivity contribution in [3.8, 4) is 5.75 Å². The largest absolute Gasteiger partial charge is 0.507 e. The van der Waals surface area contributed by atoms with E-state index in [-0.39, 0.29) is 17.2 Å². The van der Waals surface area contributed by atoms with Gasteiger partial charge in [0, 0.05) is 18.3 Å². The Kier molecular flexibility index (Phi) is 6.43. The summed E-state index contributed by atoms with van der Waals surface area (Å²) in [6.07, 6.45) is 2.11. The zero-order valence-corrected chi connectivity index (χ0v) is 11.4. The molecule has 0 fully saturated rings. The van der Waals surface area contributed by atoms with Gasteiger partial charge in [-0.15, -0.1) is 0 Å². The number of carbonyl (C=O) groups is 1. The van der Waals surface area contributed by atoms with Crippen LogP contribution in [0.2, 0.25) is 0 Å². The number of nitrogens with two attached hydrogens (primary N) is 1. The summed E-state index contributed by atoms with van der Waals surface area (Å²) < 4.78 is 0. The highest BCUT2D eigenvalue weighted by atomic mass is 32.2. The fourth-order valence-electron chi connectivity index (χ4n) is 1.46. The quantitative estimate of drug-likeness (QED) is 0.523. The summed E-state index contributed by atoms with van der Waals surface area (Å²) in [6.45, 7) is 2.78. The maximum atomic E-state index is 11.7. The highest BCUT2D eigenvalue weighted by molar-refractivity contribution is 7.99. The molecule has 0 aliphatic rings. The molecule has 0 aromatic heterocycles. The van der Waals surface area contributed by atoms with Crippen molar-refractivity contribution in [2.24, 2.45) is 0 Å². The summed E-state index contributed by atoms with van der Waals surface area (Å²) in [4.78, 5) is 11.7. The molecular weight excluding hydrogens is 248 g/mol. The maximum absolute atomic E-state index is 11.7. The number of benzene rings is 1. The number of thioether (sulfide) groups is 1. The number of hydrogen-bond donors (Lipinski definition) is 3. The number of rotatable bonds is 7. The summed E-state index contributed by atoms with van der Waals surface area (Å²) in [5, 5.41) is 12.4. The number of anilines is 1. The van der Waals surface area contributed by atoms with E-state index in [1.165, 1.54) is 18.6 Å². The number of nitrogen functional groups attached to an aromatic ring is 1. The molecule has 18 heavy (non-hydrogen) atoms. The lowest BCUT2D eigenvalue weighted by Gasteiger charge is -2.07. The average Bonchev–Trinajstić information content (AvgIpc) is 2.33. The Labute approximate surface area is 112 Å². The van der Waals surface area contributed by atoms with Gasteiger partial charge in [-0.2, -0.15) is 11.8 Å². The van der Waals surface area contributed by atoms with Crippen molar-refractivity contribution in [1.29, 1.82) is 0 Å². The molecule has 1 rings (SSSR count). The molecule has 0 atom stereocenters. The molecular formula is C13H20N2O2S. The number of carbonyl (C=O) groups excluding carboxylic acids is 1. The van der Waals surface area contributed by atoms with Crippen LogP contribution in [-0.2, 0) is 0 Å². The number of phenolic OH excluding ortho intramolecular Hbond substituents is 1. The monoisotopic (exact) mass is 268 g/mol. The van der Waals surface area contributed by atoms with Crippen LogP contribution in [0.25, 0.3) is 0 Å². The van der Waals surface area contributed by atoms with Crippen LogP contribution in [0.1, 0.15) is 30.1 Å². The van der Waals surface area contributed by atoms with Crippen LogP contribution in [0.5, 0.6) is 5.75 Å². The Bertz CT molecular complexity index is 397. The van der Waals surface area contributed by atoms with Crippen molar-refractivity contribution in [2.45, 2.75) is 19.8 Å². The number of phenols is 1. The molecule has 0 unspecified atom stereocenters. The zero-order chi connectivity index (χ0) is 13.4. The molecule has 5 heteroatoms. The van der Waals surface area contributed by atoms with Crippen LogP contribution in [0.4, 0.5) is 5.69 Å². The van der Waals surface area contributed by atoms with Crippen LogP contribution >= 0.6 is 11.8 Å². The van der Waals surface area contributed by atoms with Crippen LogP contribution < -0.4 is 11.1 Å². The molecule has 0 spiro atoms. The molecule has 0 heterocycles. The summed E-state index contributed by atoms with van der Waals surface area (Å²) in [7, 11) is 0. The van der Waals surface area contributed by atoms with E-state index in [9.17, 15) is 9.90 Å². The van der Waals surface area contributed by atoms with E-state index in [2.05, 4.69) is 12.2 Å². The van der Waals surface area contributed by atoms with Crippen molar-refractivity contribution in [2.75, 3.05) is 23.8 Å². The van der Waals surface area contributed by atoms with Crippen molar-refractivity contribution in [1.82, 2.24) is 5.32 Å². The van der Waals surface area contributed by atoms with Gasteiger partial charge in [-0.25, -0.2) is 0 Å². The molecule has 0 saturated heterocycles. The molecule has 0 radical (unpaired) electrons. The molecule has 4 nitrogen and oxygen atoms in total. The second kappa shape index (κ2) is 7.87. The fraction of sp³-hybridized carbons (Fsp3) is 0.462. The first kappa shape index (κ1) is 14.7. The van der Waals surface area contributed by atoms with Gasteiger partial charge in [-0.3, -0.25) is 4.79 Å². The normalized spacial score (nSPS) is 10.3. The van der Waals surface area contributed by atoms with Gasteiger partial charge in [0.2, 0.25) is 0 Å². The molecule has 0 aliphatic heterocycles. The van der Waals surface area contributed by atoms with Gasteiger partial charge in [0.15, 0.2) is 0 Å². The van der Waals surface area contributed by atoms with E-state index in [0.29, 0.717) is 12.2 Å². The topological polar surface area (TPSA) is 75.4 Å². The number of nitrogens with one attached hydrogen (secondary N) is 1. The molecule has 100 valence electrons.